The largest absolute Gasteiger partial charge is 0.516 e. The first kappa shape index (κ1) is 16.3. The maximum absolute atomic E-state index is 12.6. The van der Waals surface area contributed by atoms with E-state index < -0.39 is 34.5 Å². The highest BCUT2D eigenvalue weighted by molar-refractivity contribution is 7.93. The summed E-state index contributed by atoms with van der Waals surface area (Å²) < 4.78 is 61.0. The second kappa shape index (κ2) is 6.12. The smallest absolute Gasteiger partial charge is 0.481 e. The van der Waals surface area contributed by atoms with Crippen molar-refractivity contribution in [2.45, 2.75) is 18.3 Å². The van der Waals surface area contributed by atoms with Crippen LogP contribution >= 0.6 is 0 Å². The zero-order valence-corrected chi connectivity index (χ0v) is 11.0. The summed E-state index contributed by atoms with van der Waals surface area (Å²) in [5.41, 5.74) is -5.60. The molecule has 0 saturated heterocycles. The molecule has 5 nitrogen and oxygen atoms in total. The van der Waals surface area contributed by atoms with Crippen molar-refractivity contribution in [3.63, 3.8) is 0 Å². The lowest BCUT2D eigenvalue weighted by atomic mass is 10.3. The first-order valence-corrected chi connectivity index (χ1v) is 6.96. The summed E-state index contributed by atoms with van der Waals surface area (Å²) in [7, 11) is -5.55. The van der Waals surface area contributed by atoms with E-state index in [1.165, 1.54) is 30.3 Å². The standard InChI is InChI=1S/C11H12F3NO4S/c12-11(13,14)20(18,19)15(8-4-7-10(16)17)9-5-2-1-3-6-9/h1-3,5-6H,4,7-8H2,(H,16,17). The third kappa shape index (κ3) is 3.86. The normalized spacial score (nSPS) is 12.2. The molecule has 1 N–H and O–H groups in total. The molecule has 112 valence electrons. The SMILES string of the molecule is O=C(O)CCCN(c1ccccc1)S(=O)(=O)C(F)(F)F. The van der Waals surface area contributed by atoms with Gasteiger partial charge < -0.3 is 5.11 Å². The summed E-state index contributed by atoms with van der Waals surface area (Å²) in [5.74, 6) is -1.21. The number of nitrogens with zero attached hydrogens (tertiary/aromatic N) is 1. The quantitative estimate of drug-likeness (QED) is 0.874. The molecule has 20 heavy (non-hydrogen) atoms. The number of halogens is 3. The summed E-state index contributed by atoms with van der Waals surface area (Å²) >= 11 is 0. The highest BCUT2D eigenvalue weighted by Crippen LogP contribution is 2.30. The molecular formula is C11H12F3NO4S. The molecule has 0 fully saturated rings. The molecule has 0 spiro atoms. The molecule has 0 aromatic heterocycles. The monoisotopic (exact) mass is 311 g/mol. The lowest BCUT2D eigenvalue weighted by molar-refractivity contribution is -0.137. The zero-order valence-electron chi connectivity index (χ0n) is 10.2. The lowest BCUT2D eigenvalue weighted by Crippen LogP contribution is -2.41. The van der Waals surface area contributed by atoms with Gasteiger partial charge >= 0.3 is 21.5 Å². The minimum atomic E-state index is -5.55. The Morgan fingerprint density at radius 2 is 1.75 bits per heavy atom. The fourth-order valence-electron chi connectivity index (χ4n) is 1.48. The van der Waals surface area contributed by atoms with Crippen molar-refractivity contribution in [2.24, 2.45) is 0 Å². The maximum atomic E-state index is 12.6. The second-order valence-electron chi connectivity index (χ2n) is 3.86. The Balaban J connectivity index is 3.06. The van der Waals surface area contributed by atoms with Crippen LogP contribution in [0.2, 0.25) is 0 Å². The van der Waals surface area contributed by atoms with Gasteiger partial charge in [0.1, 0.15) is 0 Å². The summed E-state index contributed by atoms with van der Waals surface area (Å²) in [5, 5.41) is 8.47. The summed E-state index contributed by atoms with van der Waals surface area (Å²) in [6, 6.07) is 6.74. The second-order valence-corrected chi connectivity index (χ2v) is 5.71. The minimum Gasteiger partial charge on any atom is -0.481 e. The lowest BCUT2D eigenvalue weighted by Gasteiger charge is -2.25. The van der Waals surface area contributed by atoms with Gasteiger partial charge in [0.05, 0.1) is 5.69 Å². The van der Waals surface area contributed by atoms with Crippen LogP contribution < -0.4 is 4.31 Å². The van der Waals surface area contributed by atoms with Crippen LogP contribution in [0, 0.1) is 0 Å². The van der Waals surface area contributed by atoms with E-state index in [2.05, 4.69) is 0 Å². The molecule has 0 aliphatic carbocycles. The number of benzene rings is 1. The van der Waals surface area contributed by atoms with E-state index in [0.717, 1.165) is 0 Å². The number of para-hydroxylation sites is 1. The van der Waals surface area contributed by atoms with Gasteiger partial charge in [0.2, 0.25) is 0 Å². The molecule has 0 unspecified atom stereocenters. The number of carboxylic acid groups (broad SMARTS) is 1. The first-order valence-electron chi connectivity index (χ1n) is 5.52. The Kier molecular flexibility index (Phi) is 4.98. The predicted molar refractivity (Wildman–Crippen MR) is 65.6 cm³/mol. The molecule has 1 aromatic carbocycles. The van der Waals surface area contributed by atoms with E-state index in [0.29, 0.717) is 0 Å². The molecule has 0 heterocycles. The molecule has 0 amide bonds. The first-order chi connectivity index (χ1) is 9.16. The highest BCUT2D eigenvalue weighted by Gasteiger charge is 2.50. The van der Waals surface area contributed by atoms with Gasteiger partial charge in [-0.25, -0.2) is 0 Å². The van der Waals surface area contributed by atoms with Crippen molar-refractivity contribution in [2.75, 3.05) is 10.8 Å². The molecular weight excluding hydrogens is 299 g/mol. The number of hydrogen-bond acceptors (Lipinski definition) is 3. The molecule has 0 saturated carbocycles. The van der Waals surface area contributed by atoms with Gasteiger partial charge in [0.15, 0.2) is 0 Å². The Morgan fingerprint density at radius 3 is 2.20 bits per heavy atom. The zero-order chi connectivity index (χ0) is 15.4. The summed E-state index contributed by atoms with van der Waals surface area (Å²) in [6.45, 7) is -0.557. The van der Waals surface area contributed by atoms with Crippen LogP contribution in [0.25, 0.3) is 0 Å². The van der Waals surface area contributed by atoms with Crippen LogP contribution in [0.4, 0.5) is 18.9 Å². The third-order valence-corrected chi connectivity index (χ3v) is 3.94. The molecule has 1 rings (SSSR count). The Morgan fingerprint density at radius 1 is 1.20 bits per heavy atom. The topological polar surface area (TPSA) is 74.7 Å². The van der Waals surface area contributed by atoms with E-state index >= 15 is 0 Å². The number of hydrogen-bond donors (Lipinski definition) is 1. The van der Waals surface area contributed by atoms with E-state index in [4.69, 9.17) is 5.11 Å². The van der Waals surface area contributed by atoms with Crippen LogP contribution in [-0.2, 0) is 14.8 Å². The van der Waals surface area contributed by atoms with Crippen molar-refractivity contribution in [1.29, 1.82) is 0 Å². The average Bonchev–Trinajstić information content (AvgIpc) is 2.33. The van der Waals surface area contributed by atoms with Crippen LogP contribution in [0.15, 0.2) is 30.3 Å². The Bertz CT molecular complexity index is 557. The van der Waals surface area contributed by atoms with Crippen molar-refractivity contribution >= 4 is 21.7 Å². The van der Waals surface area contributed by atoms with Crippen LogP contribution in [0.1, 0.15) is 12.8 Å². The van der Waals surface area contributed by atoms with Crippen molar-refractivity contribution < 1.29 is 31.5 Å². The summed E-state index contributed by atoms with van der Waals surface area (Å²) in [6.07, 6.45) is -0.643. The highest BCUT2D eigenvalue weighted by atomic mass is 32.2. The molecule has 9 heteroatoms. The van der Waals surface area contributed by atoms with Crippen LogP contribution in [0.5, 0.6) is 0 Å². The maximum Gasteiger partial charge on any atom is 0.516 e. The fraction of sp³-hybridized carbons (Fsp3) is 0.364. The summed E-state index contributed by atoms with van der Waals surface area (Å²) in [4.78, 5) is 10.4. The van der Waals surface area contributed by atoms with E-state index in [1.54, 1.807) is 0 Å². The molecule has 0 aliphatic heterocycles. The molecule has 0 aliphatic rings. The molecule has 0 radical (unpaired) electrons. The number of carboxylic acids is 1. The van der Waals surface area contributed by atoms with Gasteiger partial charge in [-0.3, -0.25) is 9.10 Å². The van der Waals surface area contributed by atoms with Gasteiger partial charge in [-0.2, -0.15) is 21.6 Å². The van der Waals surface area contributed by atoms with Gasteiger partial charge in [0, 0.05) is 13.0 Å². The number of anilines is 1. The minimum absolute atomic E-state index is 0.157. The fourth-order valence-corrected chi connectivity index (χ4v) is 2.50. The number of rotatable bonds is 6. The van der Waals surface area contributed by atoms with Crippen LogP contribution in [0.3, 0.4) is 0 Å². The van der Waals surface area contributed by atoms with Crippen molar-refractivity contribution in [1.82, 2.24) is 0 Å². The van der Waals surface area contributed by atoms with Crippen LogP contribution in [-0.4, -0.2) is 31.5 Å². The van der Waals surface area contributed by atoms with Crippen molar-refractivity contribution in [3.05, 3.63) is 30.3 Å². The Hall–Kier alpha value is -1.77. The molecule has 1 aromatic rings. The average molecular weight is 311 g/mol. The number of sulfonamides is 1. The molecule has 0 atom stereocenters. The molecule has 0 bridgehead atoms. The van der Waals surface area contributed by atoms with Gasteiger partial charge in [-0.05, 0) is 18.6 Å². The number of carbonyl (C=O) groups is 1. The van der Waals surface area contributed by atoms with E-state index in [9.17, 15) is 26.4 Å². The number of alkyl halides is 3. The van der Waals surface area contributed by atoms with Crippen molar-refractivity contribution in [3.8, 4) is 0 Å². The third-order valence-electron chi connectivity index (χ3n) is 2.38. The van der Waals surface area contributed by atoms with Gasteiger partial charge in [-0.15, -0.1) is 0 Å². The van der Waals surface area contributed by atoms with Gasteiger partial charge in [-0.1, -0.05) is 18.2 Å². The van der Waals surface area contributed by atoms with E-state index in [1.807, 2.05) is 0 Å². The van der Waals surface area contributed by atoms with E-state index in [-0.39, 0.29) is 16.4 Å². The van der Waals surface area contributed by atoms with Gasteiger partial charge in [0.25, 0.3) is 0 Å². The number of aliphatic carboxylic acids is 1. The predicted octanol–water partition coefficient (Wildman–Crippen LogP) is 2.21. The Labute approximate surface area is 113 Å².